The first-order valence-electron chi connectivity index (χ1n) is 10.4. The quantitative estimate of drug-likeness (QED) is 0.620. The van der Waals surface area contributed by atoms with Crippen molar-refractivity contribution in [3.8, 4) is 5.69 Å². The molecule has 1 aliphatic heterocycles. The molecular weight excluding hydrogens is 412 g/mol. The van der Waals surface area contributed by atoms with E-state index in [-0.39, 0.29) is 0 Å². The van der Waals surface area contributed by atoms with Crippen molar-refractivity contribution in [1.29, 1.82) is 0 Å². The van der Waals surface area contributed by atoms with Crippen molar-refractivity contribution in [2.45, 2.75) is 39.5 Å². The minimum Gasteiger partial charge on any atom is -0.337 e. The minimum absolute atomic E-state index is 0.384. The Morgan fingerprint density at radius 2 is 1.32 bits per heavy atom. The summed E-state index contributed by atoms with van der Waals surface area (Å²) in [5.74, 6) is 0.623. The normalized spacial score (nSPS) is 15.5. The van der Waals surface area contributed by atoms with Crippen LogP contribution in [-0.4, -0.2) is 59.1 Å². The molecule has 0 atom stereocenters. The summed E-state index contributed by atoms with van der Waals surface area (Å²) in [6, 6.07) is 9.68. The fraction of sp³-hybridized carbons (Fsp3) is 0.409. The Labute approximate surface area is 183 Å². The lowest BCUT2D eigenvalue weighted by Gasteiger charge is -2.35. The van der Waals surface area contributed by atoms with Crippen LogP contribution in [0, 0.1) is 34.6 Å². The second-order valence-electron chi connectivity index (χ2n) is 8.07. The summed E-state index contributed by atoms with van der Waals surface area (Å²) in [6.45, 7) is 11.7. The number of hydrogen-bond acceptors (Lipinski definition) is 6. The van der Waals surface area contributed by atoms with Crippen molar-refractivity contribution >= 4 is 16.0 Å². The van der Waals surface area contributed by atoms with Crippen molar-refractivity contribution in [2.24, 2.45) is 0 Å². The Balaban J connectivity index is 1.59. The van der Waals surface area contributed by atoms with Gasteiger partial charge in [0.05, 0.1) is 10.6 Å². The van der Waals surface area contributed by atoms with E-state index in [0.29, 0.717) is 37.0 Å². The van der Waals surface area contributed by atoms with Crippen LogP contribution in [0.2, 0.25) is 0 Å². The molecule has 2 aromatic carbocycles. The van der Waals surface area contributed by atoms with Gasteiger partial charge in [-0.2, -0.15) is 8.99 Å². The Hall–Kier alpha value is -2.78. The first kappa shape index (κ1) is 21.5. The molecule has 3 aromatic rings. The zero-order valence-electron chi connectivity index (χ0n) is 18.6. The maximum absolute atomic E-state index is 13.6. The minimum atomic E-state index is -3.59. The van der Waals surface area contributed by atoms with Crippen molar-refractivity contribution in [3.05, 3.63) is 58.1 Å². The van der Waals surface area contributed by atoms with E-state index in [4.69, 9.17) is 0 Å². The molecule has 8 nitrogen and oxygen atoms in total. The van der Waals surface area contributed by atoms with Crippen molar-refractivity contribution in [2.75, 3.05) is 31.1 Å². The lowest BCUT2D eigenvalue weighted by atomic mass is 9.95. The van der Waals surface area contributed by atoms with Gasteiger partial charge in [0.1, 0.15) is 0 Å². The first-order valence-corrected chi connectivity index (χ1v) is 11.8. The topological polar surface area (TPSA) is 84.2 Å². The summed E-state index contributed by atoms with van der Waals surface area (Å²) in [6.07, 6.45) is 0. The number of sulfonamides is 1. The molecule has 0 unspecified atom stereocenters. The maximum Gasteiger partial charge on any atom is 0.250 e. The summed E-state index contributed by atoms with van der Waals surface area (Å²) in [5, 5.41) is 12.1. The van der Waals surface area contributed by atoms with Gasteiger partial charge in [-0.05, 0) is 85.0 Å². The molecule has 1 aliphatic rings. The Morgan fingerprint density at radius 3 is 1.90 bits per heavy atom. The molecule has 1 saturated heterocycles. The molecule has 0 bridgehead atoms. The smallest absolute Gasteiger partial charge is 0.250 e. The molecule has 4 rings (SSSR count). The maximum atomic E-state index is 13.6. The monoisotopic (exact) mass is 440 g/mol. The highest BCUT2D eigenvalue weighted by Crippen LogP contribution is 2.32. The highest BCUT2D eigenvalue weighted by atomic mass is 32.2. The molecule has 0 N–H and O–H groups in total. The second kappa shape index (κ2) is 8.05. The molecule has 0 radical (unpaired) electrons. The fourth-order valence-corrected chi connectivity index (χ4v) is 6.21. The van der Waals surface area contributed by atoms with Crippen LogP contribution in [0.3, 0.4) is 0 Å². The van der Waals surface area contributed by atoms with Crippen LogP contribution in [0.25, 0.3) is 5.69 Å². The molecule has 164 valence electrons. The molecule has 0 spiro atoms. The third-order valence-corrected chi connectivity index (χ3v) is 8.68. The number of aromatic nitrogens is 4. The summed E-state index contributed by atoms with van der Waals surface area (Å²) in [5.41, 5.74) is 5.80. The predicted molar refractivity (Wildman–Crippen MR) is 120 cm³/mol. The third-order valence-electron chi connectivity index (χ3n) is 6.50. The van der Waals surface area contributed by atoms with E-state index < -0.39 is 10.0 Å². The van der Waals surface area contributed by atoms with E-state index in [9.17, 15) is 8.42 Å². The van der Waals surface area contributed by atoms with Gasteiger partial charge in [0.15, 0.2) is 0 Å². The molecule has 0 aliphatic carbocycles. The van der Waals surface area contributed by atoms with Crippen molar-refractivity contribution in [3.63, 3.8) is 0 Å². The van der Waals surface area contributed by atoms with Gasteiger partial charge in [-0.3, -0.25) is 0 Å². The Bertz CT molecular complexity index is 1180. The molecule has 1 fully saturated rings. The van der Waals surface area contributed by atoms with Crippen molar-refractivity contribution in [1.82, 2.24) is 24.5 Å². The summed E-state index contributed by atoms with van der Waals surface area (Å²) in [4.78, 5) is 2.49. The van der Waals surface area contributed by atoms with Crippen LogP contribution in [0.5, 0.6) is 0 Å². The summed E-state index contributed by atoms with van der Waals surface area (Å²) < 4.78 is 30.4. The molecule has 31 heavy (non-hydrogen) atoms. The molecule has 9 heteroatoms. The van der Waals surface area contributed by atoms with E-state index >= 15 is 0 Å². The van der Waals surface area contributed by atoms with Gasteiger partial charge in [0.2, 0.25) is 16.0 Å². The number of piperazine rings is 1. The Morgan fingerprint density at radius 1 is 0.774 bits per heavy atom. The molecular formula is C22H28N6O2S. The number of nitrogens with zero attached hydrogens (tertiary/aromatic N) is 6. The summed E-state index contributed by atoms with van der Waals surface area (Å²) in [7, 11) is -3.59. The Kier molecular flexibility index (Phi) is 5.57. The fourth-order valence-electron chi connectivity index (χ4n) is 4.23. The van der Waals surface area contributed by atoms with Crippen molar-refractivity contribution < 1.29 is 8.42 Å². The average Bonchev–Trinajstić information content (AvgIpc) is 3.27. The van der Waals surface area contributed by atoms with Crippen LogP contribution >= 0.6 is 0 Å². The average molecular weight is 441 g/mol. The van der Waals surface area contributed by atoms with Crippen LogP contribution in [-0.2, 0) is 10.0 Å². The largest absolute Gasteiger partial charge is 0.337 e. The zero-order valence-corrected chi connectivity index (χ0v) is 19.4. The number of hydrogen-bond donors (Lipinski definition) is 0. The van der Waals surface area contributed by atoms with E-state index in [1.807, 2.05) is 62.9 Å². The first-order chi connectivity index (χ1) is 14.7. The SMILES string of the molecule is Cc1c(C)c(C)c(S(=O)(=O)N2CCN(c3nnnn3-c3ccccc3)CC2)c(C)c1C. The van der Waals surface area contributed by atoms with Crippen LogP contribution in [0.1, 0.15) is 27.8 Å². The van der Waals surface area contributed by atoms with E-state index in [2.05, 4.69) is 22.4 Å². The van der Waals surface area contributed by atoms with Crippen LogP contribution in [0.4, 0.5) is 5.95 Å². The number of rotatable bonds is 4. The zero-order chi connectivity index (χ0) is 22.3. The third kappa shape index (κ3) is 3.61. The van der Waals surface area contributed by atoms with Crippen LogP contribution < -0.4 is 4.90 Å². The van der Waals surface area contributed by atoms with Gasteiger partial charge in [-0.1, -0.05) is 23.3 Å². The molecule has 0 amide bonds. The number of benzene rings is 2. The summed E-state index contributed by atoms with van der Waals surface area (Å²) >= 11 is 0. The lowest BCUT2D eigenvalue weighted by Crippen LogP contribution is -2.49. The van der Waals surface area contributed by atoms with Gasteiger partial charge in [-0.25, -0.2) is 8.42 Å². The van der Waals surface area contributed by atoms with Crippen LogP contribution in [0.15, 0.2) is 35.2 Å². The van der Waals surface area contributed by atoms with E-state index in [1.54, 1.807) is 8.99 Å². The molecule has 1 aromatic heterocycles. The van der Waals surface area contributed by atoms with E-state index in [0.717, 1.165) is 33.5 Å². The second-order valence-corrected chi connectivity index (χ2v) is 9.95. The number of tetrazole rings is 1. The molecule has 0 saturated carbocycles. The number of anilines is 1. The van der Waals surface area contributed by atoms with Gasteiger partial charge in [-0.15, -0.1) is 0 Å². The highest BCUT2D eigenvalue weighted by Gasteiger charge is 2.33. The number of para-hydroxylation sites is 1. The van der Waals surface area contributed by atoms with Gasteiger partial charge in [0.25, 0.3) is 0 Å². The van der Waals surface area contributed by atoms with E-state index in [1.165, 1.54) is 0 Å². The lowest BCUT2D eigenvalue weighted by molar-refractivity contribution is 0.381. The highest BCUT2D eigenvalue weighted by molar-refractivity contribution is 7.89. The standard InChI is InChI=1S/C22H28N6O2S/c1-15-16(2)18(4)21(19(5)17(15)3)31(29,30)27-13-11-26(12-14-27)22-23-24-25-28(22)20-9-7-6-8-10-20/h6-10H,11-14H2,1-5H3. The predicted octanol–water partition coefficient (Wildman–Crippen LogP) is 2.72. The van der Waals surface area contributed by atoms with Gasteiger partial charge < -0.3 is 4.90 Å². The van der Waals surface area contributed by atoms with Gasteiger partial charge >= 0.3 is 0 Å². The van der Waals surface area contributed by atoms with Gasteiger partial charge in [0, 0.05) is 26.2 Å². The molecule has 2 heterocycles.